The van der Waals surface area contributed by atoms with E-state index in [1.165, 1.54) is 6.07 Å². The number of phenolic OH excluding ortho intramolecular Hbond substituents is 1. The Morgan fingerprint density at radius 1 is 1.46 bits per heavy atom. The summed E-state index contributed by atoms with van der Waals surface area (Å²) in [5.74, 6) is -1.12. The molecule has 1 rings (SSSR count). The number of hydrogen-bond donors (Lipinski definition) is 3. The highest BCUT2D eigenvalue weighted by molar-refractivity contribution is 5.35. The maximum atomic E-state index is 12.8. The second-order valence-corrected chi connectivity index (χ2v) is 2.80. The fourth-order valence-electron chi connectivity index (χ4n) is 1.13. The van der Waals surface area contributed by atoms with Gasteiger partial charge in [-0.05, 0) is 12.5 Å². The van der Waals surface area contributed by atoms with Crippen molar-refractivity contribution in [3.63, 3.8) is 0 Å². The lowest BCUT2D eigenvalue weighted by Crippen LogP contribution is -2.12. The van der Waals surface area contributed by atoms with Gasteiger partial charge in [0.05, 0.1) is 0 Å². The number of rotatable bonds is 3. The number of nitrogens with two attached hydrogens (primary N) is 1. The van der Waals surface area contributed by atoms with Crippen molar-refractivity contribution >= 4 is 0 Å². The van der Waals surface area contributed by atoms with Crippen molar-refractivity contribution in [1.82, 2.24) is 0 Å². The largest absolute Gasteiger partial charge is 0.505 e. The Morgan fingerprint density at radius 2 is 2.15 bits per heavy atom. The van der Waals surface area contributed by atoms with Crippen molar-refractivity contribution in [2.45, 2.75) is 12.5 Å². The van der Waals surface area contributed by atoms with Gasteiger partial charge in [-0.15, -0.1) is 0 Å². The number of halogens is 1. The zero-order valence-electron chi connectivity index (χ0n) is 7.07. The molecule has 72 valence electrons. The zero-order valence-corrected chi connectivity index (χ0v) is 7.07. The minimum absolute atomic E-state index is 0.0862. The van der Waals surface area contributed by atoms with Crippen LogP contribution in [0.2, 0.25) is 0 Å². The van der Waals surface area contributed by atoms with Crippen LogP contribution in [0.15, 0.2) is 18.2 Å². The summed E-state index contributed by atoms with van der Waals surface area (Å²) in [5.41, 5.74) is 5.92. The molecule has 0 saturated carbocycles. The molecular weight excluding hydrogens is 173 g/mol. The number of para-hydroxylation sites is 1. The smallest absolute Gasteiger partial charge is 0.165 e. The number of benzene rings is 1. The first kappa shape index (κ1) is 9.95. The van der Waals surface area contributed by atoms with Crippen molar-refractivity contribution in [3.8, 4) is 5.75 Å². The fraction of sp³-hybridized carbons (Fsp3) is 0.333. The number of phenols is 1. The Hall–Kier alpha value is -1.13. The van der Waals surface area contributed by atoms with Gasteiger partial charge in [0.1, 0.15) is 0 Å². The molecule has 0 unspecified atom stereocenters. The maximum Gasteiger partial charge on any atom is 0.165 e. The van der Waals surface area contributed by atoms with E-state index in [0.717, 1.165) is 6.07 Å². The molecule has 4 heteroatoms. The predicted octanol–water partition coefficient (Wildman–Crippen LogP) is 0.913. The van der Waals surface area contributed by atoms with E-state index in [0.29, 0.717) is 12.0 Å². The van der Waals surface area contributed by atoms with Crippen LogP contribution in [0.4, 0.5) is 4.39 Å². The van der Waals surface area contributed by atoms with Crippen LogP contribution < -0.4 is 5.73 Å². The van der Waals surface area contributed by atoms with Gasteiger partial charge >= 0.3 is 0 Å². The van der Waals surface area contributed by atoms with Gasteiger partial charge < -0.3 is 15.9 Å². The third-order valence-corrected chi connectivity index (χ3v) is 1.86. The molecule has 0 bridgehead atoms. The van der Waals surface area contributed by atoms with Crippen molar-refractivity contribution in [1.29, 1.82) is 0 Å². The molecule has 0 aromatic heterocycles. The van der Waals surface area contributed by atoms with Crippen molar-refractivity contribution in [2.24, 2.45) is 5.73 Å². The Bertz CT molecular complexity index is 291. The highest BCUT2D eigenvalue weighted by Gasteiger charge is 2.12. The molecular formula is C9H12FNO2. The maximum absolute atomic E-state index is 12.8. The zero-order chi connectivity index (χ0) is 9.84. The summed E-state index contributed by atoms with van der Waals surface area (Å²) in [7, 11) is 0. The molecule has 0 aliphatic rings. The van der Waals surface area contributed by atoms with Gasteiger partial charge in [-0.2, -0.15) is 0 Å². The quantitative estimate of drug-likeness (QED) is 0.655. The number of aromatic hydroxyl groups is 1. The topological polar surface area (TPSA) is 66.5 Å². The average Bonchev–Trinajstić information content (AvgIpc) is 2.10. The van der Waals surface area contributed by atoms with Crippen LogP contribution in [0.1, 0.15) is 18.0 Å². The first-order chi connectivity index (χ1) is 6.16. The SMILES string of the molecule is N[C@@H](CCO)c1cccc(F)c1O. The van der Waals surface area contributed by atoms with Gasteiger partial charge in [-0.1, -0.05) is 12.1 Å². The number of hydrogen-bond acceptors (Lipinski definition) is 3. The Balaban J connectivity index is 2.93. The molecule has 0 fully saturated rings. The monoisotopic (exact) mass is 185 g/mol. The van der Waals surface area contributed by atoms with Crippen molar-refractivity contribution in [3.05, 3.63) is 29.6 Å². The van der Waals surface area contributed by atoms with E-state index >= 15 is 0 Å². The lowest BCUT2D eigenvalue weighted by Gasteiger charge is -2.11. The minimum atomic E-state index is -0.689. The molecule has 1 atom stereocenters. The van der Waals surface area contributed by atoms with Crippen LogP contribution in [0.25, 0.3) is 0 Å². The summed E-state index contributed by atoms with van der Waals surface area (Å²) >= 11 is 0. The Morgan fingerprint density at radius 3 is 2.77 bits per heavy atom. The second-order valence-electron chi connectivity index (χ2n) is 2.80. The van der Waals surface area contributed by atoms with Crippen LogP contribution >= 0.6 is 0 Å². The van der Waals surface area contributed by atoms with Crippen LogP contribution in [-0.2, 0) is 0 Å². The summed E-state index contributed by atoms with van der Waals surface area (Å²) < 4.78 is 12.8. The molecule has 1 aromatic carbocycles. The van der Waals surface area contributed by atoms with E-state index in [2.05, 4.69) is 0 Å². The standard InChI is InChI=1S/C9H12FNO2/c10-7-3-1-2-6(9(7)13)8(11)4-5-12/h1-3,8,12-13H,4-5,11H2/t8-/m0/s1. The molecule has 0 spiro atoms. The van der Waals surface area contributed by atoms with Gasteiger partial charge in [-0.25, -0.2) is 4.39 Å². The van der Waals surface area contributed by atoms with Gasteiger partial charge in [0.25, 0.3) is 0 Å². The molecule has 0 aliphatic carbocycles. The second kappa shape index (κ2) is 4.20. The van der Waals surface area contributed by atoms with Crippen LogP contribution in [0, 0.1) is 5.82 Å². The van der Waals surface area contributed by atoms with Gasteiger partial charge in [0.15, 0.2) is 11.6 Å². The Labute approximate surface area is 75.6 Å². The molecule has 4 N–H and O–H groups in total. The predicted molar refractivity (Wildman–Crippen MR) is 46.7 cm³/mol. The van der Waals surface area contributed by atoms with Crippen molar-refractivity contribution in [2.75, 3.05) is 6.61 Å². The highest BCUT2D eigenvalue weighted by atomic mass is 19.1. The van der Waals surface area contributed by atoms with E-state index in [1.54, 1.807) is 6.07 Å². The Kier molecular flexibility index (Phi) is 3.22. The summed E-state index contributed by atoms with van der Waals surface area (Å²) in [5, 5.41) is 17.9. The van der Waals surface area contributed by atoms with E-state index in [4.69, 9.17) is 10.8 Å². The van der Waals surface area contributed by atoms with Crippen LogP contribution in [-0.4, -0.2) is 16.8 Å². The van der Waals surface area contributed by atoms with Gasteiger partial charge in [0.2, 0.25) is 0 Å². The third kappa shape index (κ3) is 2.17. The van der Waals surface area contributed by atoms with Gasteiger partial charge in [0, 0.05) is 18.2 Å². The summed E-state index contributed by atoms with van der Waals surface area (Å²) in [6, 6.07) is 3.64. The molecule has 3 nitrogen and oxygen atoms in total. The number of aliphatic hydroxyl groups excluding tert-OH is 1. The molecule has 0 aliphatic heterocycles. The third-order valence-electron chi connectivity index (χ3n) is 1.86. The van der Waals surface area contributed by atoms with Gasteiger partial charge in [-0.3, -0.25) is 0 Å². The van der Waals surface area contributed by atoms with E-state index in [1.807, 2.05) is 0 Å². The van der Waals surface area contributed by atoms with E-state index < -0.39 is 17.6 Å². The van der Waals surface area contributed by atoms with Crippen LogP contribution in [0.5, 0.6) is 5.75 Å². The average molecular weight is 185 g/mol. The van der Waals surface area contributed by atoms with Crippen molar-refractivity contribution < 1.29 is 14.6 Å². The van der Waals surface area contributed by atoms with E-state index in [-0.39, 0.29) is 6.61 Å². The normalized spacial score (nSPS) is 12.8. The first-order valence-corrected chi connectivity index (χ1v) is 4.00. The molecule has 13 heavy (non-hydrogen) atoms. The summed E-state index contributed by atoms with van der Waals surface area (Å²) in [6.07, 6.45) is 0.303. The lowest BCUT2D eigenvalue weighted by molar-refractivity contribution is 0.275. The first-order valence-electron chi connectivity index (χ1n) is 4.00. The number of aliphatic hydroxyl groups is 1. The van der Waals surface area contributed by atoms with Crippen LogP contribution in [0.3, 0.4) is 0 Å². The molecule has 1 aromatic rings. The fourth-order valence-corrected chi connectivity index (χ4v) is 1.13. The molecule has 0 radical (unpaired) electrons. The molecule has 0 heterocycles. The lowest BCUT2D eigenvalue weighted by atomic mass is 10.0. The summed E-state index contributed by atoms with van der Waals surface area (Å²) in [4.78, 5) is 0. The van der Waals surface area contributed by atoms with E-state index in [9.17, 15) is 9.50 Å². The summed E-state index contributed by atoms with van der Waals surface area (Å²) in [6.45, 7) is -0.0862. The molecule has 0 saturated heterocycles. The highest BCUT2D eigenvalue weighted by Crippen LogP contribution is 2.26. The minimum Gasteiger partial charge on any atom is -0.505 e. The molecule has 0 amide bonds.